The first-order chi connectivity index (χ1) is 12.2. The maximum absolute atomic E-state index is 12.6. The minimum absolute atomic E-state index is 0.0384. The van der Waals surface area contributed by atoms with E-state index in [1.807, 2.05) is 17.9 Å². The Morgan fingerprint density at radius 2 is 2.32 bits per heavy atom. The van der Waals surface area contributed by atoms with E-state index in [2.05, 4.69) is 20.6 Å². The molecule has 1 aliphatic heterocycles. The first-order valence-corrected chi connectivity index (χ1v) is 8.73. The van der Waals surface area contributed by atoms with Crippen LogP contribution in [0.2, 0.25) is 0 Å². The lowest BCUT2D eigenvalue weighted by Gasteiger charge is -2.32. The number of rotatable bonds is 6. The molecule has 0 aliphatic carbocycles. The fourth-order valence-electron chi connectivity index (χ4n) is 3.09. The largest absolute Gasteiger partial charge is 0.354 e. The van der Waals surface area contributed by atoms with E-state index in [9.17, 15) is 9.59 Å². The van der Waals surface area contributed by atoms with Gasteiger partial charge in [0.15, 0.2) is 0 Å². The topological polar surface area (TPSA) is 95.9 Å². The van der Waals surface area contributed by atoms with Gasteiger partial charge in [0.05, 0.1) is 0 Å². The molecule has 0 bridgehead atoms. The predicted octanol–water partition coefficient (Wildman–Crippen LogP) is 0.837. The van der Waals surface area contributed by atoms with E-state index in [0.29, 0.717) is 18.8 Å². The summed E-state index contributed by atoms with van der Waals surface area (Å²) in [6.45, 7) is 4.20. The van der Waals surface area contributed by atoms with Crippen LogP contribution in [0.15, 0.2) is 24.5 Å². The maximum Gasteiger partial charge on any atom is 0.274 e. The van der Waals surface area contributed by atoms with Gasteiger partial charge in [-0.1, -0.05) is 6.92 Å². The van der Waals surface area contributed by atoms with Gasteiger partial charge in [0.1, 0.15) is 12.2 Å². The highest BCUT2D eigenvalue weighted by Gasteiger charge is 2.26. The summed E-state index contributed by atoms with van der Waals surface area (Å²) >= 11 is 0. The van der Waals surface area contributed by atoms with Crippen LogP contribution in [0.1, 0.15) is 35.9 Å². The lowest BCUT2D eigenvalue weighted by molar-refractivity contribution is -0.122. The number of aromatic amines is 1. The van der Waals surface area contributed by atoms with Crippen molar-refractivity contribution in [2.75, 3.05) is 19.6 Å². The average molecular weight is 344 g/mol. The molecule has 2 aromatic heterocycles. The van der Waals surface area contributed by atoms with Crippen molar-refractivity contribution in [3.05, 3.63) is 35.9 Å². The number of hydrogen-bond acceptors (Lipinski definition) is 4. The van der Waals surface area contributed by atoms with E-state index in [1.165, 1.54) is 0 Å². The van der Waals surface area contributed by atoms with Crippen LogP contribution >= 0.6 is 0 Å². The molecular weight excluding hydrogens is 320 g/mol. The summed E-state index contributed by atoms with van der Waals surface area (Å²) in [5.41, 5.74) is 1.43. The molecule has 0 saturated carbocycles. The lowest BCUT2D eigenvalue weighted by atomic mass is 9.97. The van der Waals surface area contributed by atoms with Gasteiger partial charge in [0.25, 0.3) is 5.91 Å². The predicted molar refractivity (Wildman–Crippen MR) is 91.8 cm³/mol. The molecule has 8 nitrogen and oxygen atoms in total. The average Bonchev–Trinajstić information content (AvgIpc) is 3.31. The Hall–Kier alpha value is -2.64. The second kappa shape index (κ2) is 7.96. The third-order valence-electron chi connectivity index (χ3n) is 4.49. The molecule has 1 saturated heterocycles. The van der Waals surface area contributed by atoms with Crippen molar-refractivity contribution < 1.29 is 9.59 Å². The van der Waals surface area contributed by atoms with Crippen LogP contribution in [-0.2, 0) is 17.8 Å². The molecular formula is C17H24N6O2. The van der Waals surface area contributed by atoms with Crippen LogP contribution in [0.3, 0.4) is 0 Å². The molecule has 25 heavy (non-hydrogen) atoms. The van der Waals surface area contributed by atoms with Gasteiger partial charge in [-0.05, 0) is 37.3 Å². The summed E-state index contributed by atoms with van der Waals surface area (Å²) in [4.78, 5) is 26.4. The van der Waals surface area contributed by atoms with E-state index < -0.39 is 0 Å². The van der Waals surface area contributed by atoms with Crippen molar-refractivity contribution in [1.82, 2.24) is 30.2 Å². The van der Waals surface area contributed by atoms with Crippen LogP contribution in [0, 0.1) is 5.92 Å². The van der Waals surface area contributed by atoms with Crippen molar-refractivity contribution in [3.8, 4) is 0 Å². The Morgan fingerprint density at radius 1 is 1.44 bits per heavy atom. The number of aromatic nitrogens is 4. The van der Waals surface area contributed by atoms with Gasteiger partial charge >= 0.3 is 0 Å². The number of amides is 2. The van der Waals surface area contributed by atoms with Crippen LogP contribution in [0.25, 0.3) is 0 Å². The molecule has 2 aromatic rings. The number of hydrogen-bond donors (Lipinski definition) is 2. The molecule has 3 rings (SSSR count). The number of piperidine rings is 1. The Labute approximate surface area is 146 Å². The number of nitrogens with one attached hydrogen (secondary N) is 2. The molecule has 0 radical (unpaired) electrons. The normalized spacial score (nSPS) is 17.5. The van der Waals surface area contributed by atoms with Gasteiger partial charge < -0.3 is 10.2 Å². The minimum Gasteiger partial charge on any atom is -0.354 e. The summed E-state index contributed by atoms with van der Waals surface area (Å²) in [7, 11) is 0. The van der Waals surface area contributed by atoms with Crippen molar-refractivity contribution >= 4 is 11.8 Å². The van der Waals surface area contributed by atoms with E-state index in [4.69, 9.17) is 0 Å². The van der Waals surface area contributed by atoms with Gasteiger partial charge in [0.2, 0.25) is 5.91 Å². The highest BCUT2D eigenvalue weighted by molar-refractivity contribution is 5.92. The van der Waals surface area contributed by atoms with Gasteiger partial charge in [-0.25, -0.2) is 0 Å². The number of H-pyrrole nitrogens is 1. The van der Waals surface area contributed by atoms with E-state index >= 15 is 0 Å². The number of carbonyl (C=O) groups excluding carboxylic acids is 2. The molecule has 0 aromatic carbocycles. The Bertz CT molecular complexity index is 709. The fourth-order valence-corrected chi connectivity index (χ4v) is 3.09. The highest BCUT2D eigenvalue weighted by atomic mass is 16.2. The zero-order valence-electron chi connectivity index (χ0n) is 14.4. The maximum atomic E-state index is 12.6. The van der Waals surface area contributed by atoms with Gasteiger partial charge in [0, 0.05) is 37.7 Å². The standard InChI is InChI=1S/C17H24N6O2/c1-2-14-9-15(21-20-14)17(25)22-7-3-5-13(11-22)10-18-16(24)12-23-8-4-6-19-23/h4,6,8-9,13H,2-3,5,7,10-12H2,1H3,(H,18,24)(H,20,21). The molecule has 2 N–H and O–H groups in total. The first kappa shape index (κ1) is 17.2. The van der Waals surface area contributed by atoms with Crippen LogP contribution in [-0.4, -0.2) is 56.3 Å². The molecule has 0 spiro atoms. The summed E-state index contributed by atoms with van der Waals surface area (Å²) in [6, 6.07) is 3.61. The molecule has 1 atom stereocenters. The molecule has 1 unspecified atom stereocenters. The van der Waals surface area contributed by atoms with Crippen LogP contribution < -0.4 is 5.32 Å². The van der Waals surface area contributed by atoms with Crippen LogP contribution in [0.4, 0.5) is 0 Å². The minimum atomic E-state index is -0.0629. The molecule has 134 valence electrons. The smallest absolute Gasteiger partial charge is 0.274 e. The molecule has 1 aliphatic rings. The molecule has 8 heteroatoms. The van der Waals surface area contributed by atoms with E-state index in [1.54, 1.807) is 23.1 Å². The number of nitrogens with zero attached hydrogens (tertiary/aromatic N) is 4. The summed E-state index contributed by atoms with van der Waals surface area (Å²) < 4.78 is 1.59. The number of carbonyl (C=O) groups is 2. The zero-order valence-corrected chi connectivity index (χ0v) is 14.4. The summed E-state index contributed by atoms with van der Waals surface area (Å²) in [6.07, 6.45) is 6.18. The first-order valence-electron chi connectivity index (χ1n) is 8.73. The zero-order chi connectivity index (χ0) is 17.6. The van der Waals surface area contributed by atoms with Crippen molar-refractivity contribution in [2.45, 2.75) is 32.7 Å². The number of aryl methyl sites for hydroxylation is 1. The van der Waals surface area contributed by atoms with Crippen molar-refractivity contribution in [1.29, 1.82) is 0 Å². The lowest BCUT2D eigenvalue weighted by Crippen LogP contribution is -2.44. The summed E-state index contributed by atoms with van der Waals surface area (Å²) in [5.74, 6) is 0.166. The second-order valence-corrected chi connectivity index (χ2v) is 6.40. The number of likely N-dealkylation sites (tertiary alicyclic amines) is 1. The third-order valence-corrected chi connectivity index (χ3v) is 4.49. The van der Waals surface area contributed by atoms with Crippen molar-refractivity contribution in [2.24, 2.45) is 5.92 Å². The van der Waals surface area contributed by atoms with Gasteiger partial charge in [-0.3, -0.25) is 19.4 Å². The van der Waals surface area contributed by atoms with Crippen molar-refractivity contribution in [3.63, 3.8) is 0 Å². The Morgan fingerprint density at radius 3 is 3.04 bits per heavy atom. The van der Waals surface area contributed by atoms with E-state index in [0.717, 1.165) is 31.5 Å². The Balaban J connectivity index is 1.49. The second-order valence-electron chi connectivity index (χ2n) is 6.40. The van der Waals surface area contributed by atoms with Gasteiger partial charge in [-0.15, -0.1) is 0 Å². The van der Waals surface area contributed by atoms with E-state index in [-0.39, 0.29) is 24.3 Å². The highest BCUT2D eigenvalue weighted by Crippen LogP contribution is 2.18. The van der Waals surface area contributed by atoms with Gasteiger partial charge in [-0.2, -0.15) is 10.2 Å². The van der Waals surface area contributed by atoms with Crippen LogP contribution in [0.5, 0.6) is 0 Å². The molecule has 2 amide bonds. The molecule has 1 fully saturated rings. The monoisotopic (exact) mass is 344 g/mol. The quantitative estimate of drug-likeness (QED) is 0.811. The third kappa shape index (κ3) is 4.46. The fraction of sp³-hybridized carbons (Fsp3) is 0.529. The Kier molecular flexibility index (Phi) is 5.47. The summed E-state index contributed by atoms with van der Waals surface area (Å²) in [5, 5.41) is 14.0. The SMILES string of the molecule is CCc1cc(C(=O)N2CCCC(CNC(=O)Cn3cccn3)C2)n[nH]1. The molecule has 3 heterocycles.